The largest absolute Gasteiger partial charge is 0.465 e. The van der Waals surface area contributed by atoms with Crippen molar-refractivity contribution in [2.75, 3.05) is 6.54 Å². The number of carbonyl (C=O) groups excluding carboxylic acids is 1. The van der Waals surface area contributed by atoms with Gasteiger partial charge in [-0.2, -0.15) is 0 Å². The molecule has 0 aliphatic heterocycles. The van der Waals surface area contributed by atoms with Crippen molar-refractivity contribution >= 4 is 12.0 Å². The van der Waals surface area contributed by atoms with Crippen LogP contribution in [0.3, 0.4) is 0 Å². The predicted octanol–water partition coefficient (Wildman–Crippen LogP) is 1.57. The van der Waals surface area contributed by atoms with Crippen molar-refractivity contribution in [3.8, 4) is 0 Å². The Kier molecular flexibility index (Phi) is 4.31. The molecule has 88 valence electrons. The molecule has 0 bridgehead atoms. The minimum absolute atomic E-state index is 0.241. The summed E-state index contributed by atoms with van der Waals surface area (Å²) in [6, 6.07) is 3.51. The summed E-state index contributed by atoms with van der Waals surface area (Å²) in [6.07, 6.45) is 5.09. The average molecular weight is 223 g/mol. The van der Waals surface area contributed by atoms with Crippen LogP contribution in [-0.4, -0.2) is 23.2 Å². The second kappa shape index (κ2) is 5.51. The van der Waals surface area contributed by atoms with Crippen molar-refractivity contribution in [2.24, 2.45) is 0 Å². The number of furan rings is 1. The third-order valence-corrected chi connectivity index (χ3v) is 2.35. The first-order chi connectivity index (χ1) is 7.53. The van der Waals surface area contributed by atoms with Gasteiger partial charge in [-0.25, -0.2) is 0 Å². The van der Waals surface area contributed by atoms with Crippen LogP contribution in [0.5, 0.6) is 0 Å². The minimum atomic E-state index is -0.853. The van der Waals surface area contributed by atoms with Crippen LogP contribution in [0, 0.1) is 0 Å². The molecule has 1 atom stereocenters. The van der Waals surface area contributed by atoms with Crippen molar-refractivity contribution in [3.63, 3.8) is 0 Å². The molecule has 4 nitrogen and oxygen atoms in total. The summed E-state index contributed by atoms with van der Waals surface area (Å²) < 4.78 is 5.03. The van der Waals surface area contributed by atoms with E-state index in [0.29, 0.717) is 12.2 Å². The van der Waals surface area contributed by atoms with Gasteiger partial charge < -0.3 is 14.8 Å². The van der Waals surface area contributed by atoms with E-state index >= 15 is 0 Å². The summed E-state index contributed by atoms with van der Waals surface area (Å²) >= 11 is 0. The Balaban J connectivity index is 2.37. The van der Waals surface area contributed by atoms with Crippen LogP contribution in [0.1, 0.15) is 26.0 Å². The van der Waals surface area contributed by atoms with E-state index in [4.69, 9.17) is 4.42 Å². The zero-order valence-electron chi connectivity index (χ0n) is 9.56. The molecule has 0 saturated carbocycles. The van der Waals surface area contributed by atoms with Gasteiger partial charge in [-0.05, 0) is 31.6 Å². The fraction of sp³-hybridized carbons (Fsp3) is 0.417. The fourth-order valence-corrected chi connectivity index (χ4v) is 1.01. The minimum Gasteiger partial charge on any atom is -0.465 e. The number of amides is 1. The topological polar surface area (TPSA) is 62.5 Å². The molecular formula is C12H17NO3. The third-order valence-electron chi connectivity index (χ3n) is 2.35. The molecule has 1 aromatic heterocycles. The van der Waals surface area contributed by atoms with E-state index < -0.39 is 5.60 Å². The molecule has 1 amide bonds. The van der Waals surface area contributed by atoms with Crippen molar-refractivity contribution < 1.29 is 14.3 Å². The first kappa shape index (κ1) is 12.5. The number of hydrogen-bond acceptors (Lipinski definition) is 3. The summed E-state index contributed by atoms with van der Waals surface area (Å²) in [7, 11) is 0. The number of nitrogens with one attached hydrogen (secondary N) is 1. The van der Waals surface area contributed by atoms with Crippen molar-refractivity contribution in [1.82, 2.24) is 5.32 Å². The molecule has 0 aliphatic carbocycles. The predicted molar refractivity (Wildman–Crippen MR) is 61.7 cm³/mol. The lowest BCUT2D eigenvalue weighted by atomic mass is 10.0. The summed E-state index contributed by atoms with van der Waals surface area (Å²) in [5.74, 6) is 0.377. The molecular weight excluding hydrogens is 206 g/mol. The highest BCUT2D eigenvalue weighted by molar-refractivity contribution is 5.91. The van der Waals surface area contributed by atoms with E-state index in [9.17, 15) is 9.90 Å². The Labute approximate surface area is 95.0 Å². The molecule has 0 aromatic carbocycles. The molecule has 1 rings (SSSR count). The van der Waals surface area contributed by atoms with Gasteiger partial charge in [0.2, 0.25) is 5.91 Å². The van der Waals surface area contributed by atoms with E-state index in [1.165, 1.54) is 6.08 Å². The van der Waals surface area contributed by atoms with Crippen LogP contribution < -0.4 is 5.32 Å². The normalized spacial score (nSPS) is 14.9. The maximum atomic E-state index is 11.4. The second-order valence-electron chi connectivity index (χ2n) is 3.92. The monoisotopic (exact) mass is 223 g/mol. The van der Waals surface area contributed by atoms with Gasteiger partial charge in [-0.3, -0.25) is 4.79 Å². The number of rotatable bonds is 5. The highest BCUT2D eigenvalue weighted by Gasteiger charge is 2.17. The summed E-state index contributed by atoms with van der Waals surface area (Å²) in [6.45, 7) is 3.79. The summed E-state index contributed by atoms with van der Waals surface area (Å²) in [5, 5.41) is 12.3. The Morgan fingerprint density at radius 1 is 1.69 bits per heavy atom. The number of hydrogen-bond donors (Lipinski definition) is 2. The van der Waals surface area contributed by atoms with E-state index in [0.717, 1.165) is 0 Å². The SMILES string of the molecule is CCC(C)(O)CNC(=O)C=Cc1ccco1. The Morgan fingerprint density at radius 2 is 2.44 bits per heavy atom. The lowest BCUT2D eigenvalue weighted by molar-refractivity contribution is -0.117. The highest BCUT2D eigenvalue weighted by atomic mass is 16.3. The summed E-state index contributed by atoms with van der Waals surface area (Å²) in [5.41, 5.74) is -0.853. The number of carbonyl (C=O) groups is 1. The third kappa shape index (κ3) is 4.31. The Hall–Kier alpha value is -1.55. The quantitative estimate of drug-likeness (QED) is 0.745. The van der Waals surface area contributed by atoms with Crippen LogP contribution in [-0.2, 0) is 4.79 Å². The van der Waals surface area contributed by atoms with Gasteiger partial charge in [-0.15, -0.1) is 0 Å². The van der Waals surface area contributed by atoms with Gasteiger partial charge in [0.15, 0.2) is 0 Å². The molecule has 1 unspecified atom stereocenters. The number of aliphatic hydroxyl groups is 1. The molecule has 0 radical (unpaired) electrons. The zero-order chi connectivity index (χ0) is 12.0. The fourth-order valence-electron chi connectivity index (χ4n) is 1.01. The van der Waals surface area contributed by atoms with E-state index in [2.05, 4.69) is 5.32 Å². The molecule has 0 saturated heterocycles. The van der Waals surface area contributed by atoms with E-state index in [-0.39, 0.29) is 12.5 Å². The smallest absolute Gasteiger partial charge is 0.244 e. The van der Waals surface area contributed by atoms with E-state index in [1.54, 1.807) is 31.4 Å². The molecule has 1 aromatic rings. The maximum Gasteiger partial charge on any atom is 0.244 e. The van der Waals surface area contributed by atoms with Gasteiger partial charge in [0, 0.05) is 12.6 Å². The molecule has 1 heterocycles. The van der Waals surface area contributed by atoms with Gasteiger partial charge in [0.05, 0.1) is 11.9 Å². The second-order valence-corrected chi connectivity index (χ2v) is 3.92. The van der Waals surface area contributed by atoms with Crippen molar-refractivity contribution in [3.05, 3.63) is 30.2 Å². The molecule has 4 heteroatoms. The van der Waals surface area contributed by atoms with Gasteiger partial charge >= 0.3 is 0 Å². The van der Waals surface area contributed by atoms with Crippen LogP contribution in [0.25, 0.3) is 6.08 Å². The lowest BCUT2D eigenvalue weighted by Gasteiger charge is -2.20. The van der Waals surface area contributed by atoms with Gasteiger partial charge in [0.25, 0.3) is 0 Å². The first-order valence-electron chi connectivity index (χ1n) is 5.25. The first-order valence-corrected chi connectivity index (χ1v) is 5.25. The molecule has 2 N–H and O–H groups in total. The Morgan fingerprint density at radius 3 is 3.00 bits per heavy atom. The Bertz CT molecular complexity index is 352. The average Bonchev–Trinajstić information content (AvgIpc) is 2.76. The van der Waals surface area contributed by atoms with E-state index in [1.807, 2.05) is 6.92 Å². The molecule has 0 aliphatic rings. The molecule has 0 fully saturated rings. The van der Waals surface area contributed by atoms with Gasteiger partial charge in [0.1, 0.15) is 5.76 Å². The van der Waals surface area contributed by atoms with Crippen molar-refractivity contribution in [2.45, 2.75) is 25.9 Å². The maximum absolute atomic E-state index is 11.4. The van der Waals surface area contributed by atoms with Crippen molar-refractivity contribution in [1.29, 1.82) is 0 Å². The summed E-state index contributed by atoms with van der Waals surface area (Å²) in [4.78, 5) is 11.4. The zero-order valence-corrected chi connectivity index (χ0v) is 9.56. The van der Waals surface area contributed by atoms with Crippen LogP contribution in [0.4, 0.5) is 0 Å². The van der Waals surface area contributed by atoms with Gasteiger partial charge in [-0.1, -0.05) is 6.92 Å². The van der Waals surface area contributed by atoms with Crippen LogP contribution >= 0.6 is 0 Å². The molecule has 16 heavy (non-hydrogen) atoms. The molecule has 0 spiro atoms. The highest BCUT2D eigenvalue weighted by Crippen LogP contribution is 2.06. The van der Waals surface area contributed by atoms with Crippen LogP contribution in [0.15, 0.2) is 28.9 Å². The van der Waals surface area contributed by atoms with Crippen LogP contribution in [0.2, 0.25) is 0 Å². The lowest BCUT2D eigenvalue weighted by Crippen LogP contribution is -2.39. The standard InChI is InChI=1S/C12H17NO3/c1-3-12(2,15)9-13-11(14)7-6-10-5-4-8-16-10/h4-8,15H,3,9H2,1-2H3,(H,13,14).